The zero-order chi connectivity index (χ0) is 52.7. The molecular weight excluding hydrogens is 977 g/mol. The summed E-state index contributed by atoms with van der Waals surface area (Å²) < 4.78 is 0. The molecule has 72 heavy (non-hydrogen) atoms. The molecule has 2 aromatic carbocycles. The average Bonchev–Trinajstić information content (AvgIpc) is 3.84. The van der Waals surface area contributed by atoms with E-state index >= 15 is 0 Å². The quantitative estimate of drug-likeness (QED) is 0.0485. The van der Waals surface area contributed by atoms with Crippen molar-refractivity contribution in [2.24, 2.45) is 22.9 Å². The van der Waals surface area contributed by atoms with Crippen molar-refractivity contribution in [1.29, 1.82) is 0 Å². The first-order chi connectivity index (χ1) is 34.3. The van der Waals surface area contributed by atoms with Gasteiger partial charge in [0.1, 0.15) is 48.0 Å². The summed E-state index contributed by atoms with van der Waals surface area (Å²) in [7, 11) is 2.22. The highest BCUT2D eigenvalue weighted by Crippen LogP contribution is 2.26. The lowest BCUT2D eigenvalue weighted by atomic mass is 10.0. The van der Waals surface area contributed by atoms with Gasteiger partial charge in [-0.2, -0.15) is 0 Å². The molecule has 11 amide bonds. The Bertz CT molecular complexity index is 2260. The number of benzene rings is 2. The second-order valence-corrected chi connectivity index (χ2v) is 19.8. The highest BCUT2D eigenvalue weighted by Gasteiger charge is 2.40. The van der Waals surface area contributed by atoms with Crippen molar-refractivity contribution in [3.8, 4) is 5.75 Å². The molecule has 16 N–H and O–H groups in total. The number of nitrogens with two attached hydrogens (primary N) is 4. The van der Waals surface area contributed by atoms with Gasteiger partial charge in [0.2, 0.25) is 65.0 Å². The summed E-state index contributed by atoms with van der Waals surface area (Å²) >= 11 is 0. The third-order valence-corrected chi connectivity index (χ3v) is 13.9. The van der Waals surface area contributed by atoms with E-state index in [-0.39, 0.29) is 55.9 Å². The van der Waals surface area contributed by atoms with Crippen LogP contribution in [-0.4, -0.2) is 148 Å². The van der Waals surface area contributed by atoms with Gasteiger partial charge in [-0.3, -0.25) is 52.7 Å². The van der Waals surface area contributed by atoms with Crippen LogP contribution < -0.4 is 60.2 Å². The molecular formula is C46H64N12O12S2. The first-order valence-corrected chi connectivity index (χ1v) is 25.8. The zero-order valence-corrected chi connectivity index (χ0v) is 41.2. The number of rotatable bonds is 19. The molecule has 0 aromatic heterocycles. The standard InChI is InChI=1S/C46H64N12O12S2/c47-18-5-4-9-29(40(64)51-24-38(50)62)54-45(69)35-10-6-19-58(35)46(70)34-25-72-71-20-17-39(63)52-31(22-27-11-13-28(59)14-12-27)42(66)55-32(21-26-7-2-1-3-8-26)43(67)53-30(15-16-36(48)60)41(65)56-33(23-37(49)61)44(68)57-34/h1-3,7-8,11-14,29-35,59H,4-6,9-10,15-25,47H2,(H2,48,60)(H2,49,61)(H2,50,62)(H,51,64)(H,52,63)(H,53,67)(H,54,69)(H,55,66)(H,56,65)(H,57,68)/t29-,30-,31-,32-,33-,34-,35-/m0/s1. The maximum atomic E-state index is 14.5. The number of aromatic hydroxyl groups is 1. The number of carbonyl (C=O) groups excluding carboxylic acids is 11. The molecule has 0 spiro atoms. The van der Waals surface area contributed by atoms with Gasteiger partial charge in [-0.05, 0) is 68.3 Å². The van der Waals surface area contributed by atoms with Gasteiger partial charge >= 0.3 is 0 Å². The van der Waals surface area contributed by atoms with E-state index in [9.17, 15) is 57.8 Å². The molecule has 2 aliphatic heterocycles. The molecule has 2 aromatic rings. The third-order valence-electron chi connectivity index (χ3n) is 11.5. The highest BCUT2D eigenvalue weighted by molar-refractivity contribution is 8.76. The fraction of sp³-hybridized carbons (Fsp3) is 0.500. The van der Waals surface area contributed by atoms with E-state index in [2.05, 4.69) is 37.2 Å². The Hall–Kier alpha value is -6.93. The Morgan fingerprint density at radius 3 is 1.97 bits per heavy atom. The second kappa shape index (κ2) is 29.4. The van der Waals surface area contributed by atoms with Crippen LogP contribution in [0.25, 0.3) is 0 Å². The van der Waals surface area contributed by atoms with E-state index < -0.39 is 133 Å². The summed E-state index contributed by atoms with van der Waals surface area (Å²) in [6.07, 6.45) is -0.319. The minimum Gasteiger partial charge on any atom is -0.508 e. The maximum absolute atomic E-state index is 14.5. The minimum absolute atomic E-state index is 0.0359. The van der Waals surface area contributed by atoms with Gasteiger partial charge in [-0.1, -0.05) is 64.1 Å². The lowest BCUT2D eigenvalue weighted by Crippen LogP contribution is -2.61. The molecule has 2 fully saturated rings. The molecule has 0 saturated carbocycles. The predicted molar refractivity (Wildman–Crippen MR) is 265 cm³/mol. The number of phenols is 1. The van der Waals surface area contributed by atoms with Crippen LogP contribution in [0.1, 0.15) is 68.9 Å². The van der Waals surface area contributed by atoms with Crippen molar-refractivity contribution in [1.82, 2.24) is 42.1 Å². The molecule has 0 bridgehead atoms. The molecule has 24 nitrogen and oxygen atoms in total. The summed E-state index contributed by atoms with van der Waals surface area (Å²) in [5.74, 6) is -9.26. The number of carbonyl (C=O) groups is 11. The van der Waals surface area contributed by atoms with Crippen molar-refractivity contribution in [3.63, 3.8) is 0 Å². The Kier molecular flexibility index (Phi) is 23.6. The van der Waals surface area contributed by atoms with E-state index in [1.807, 2.05) is 0 Å². The van der Waals surface area contributed by atoms with Crippen LogP contribution in [0.3, 0.4) is 0 Å². The minimum atomic E-state index is -1.75. The van der Waals surface area contributed by atoms with Crippen molar-refractivity contribution in [2.75, 3.05) is 31.1 Å². The third kappa shape index (κ3) is 19.3. The Balaban J connectivity index is 1.69. The molecule has 2 heterocycles. The van der Waals surface area contributed by atoms with Gasteiger partial charge in [0.25, 0.3) is 0 Å². The summed E-state index contributed by atoms with van der Waals surface area (Å²) in [6, 6.07) is 4.79. The monoisotopic (exact) mass is 1040 g/mol. The summed E-state index contributed by atoms with van der Waals surface area (Å²) in [5, 5.41) is 27.9. The smallest absolute Gasteiger partial charge is 0.246 e. The average molecular weight is 1040 g/mol. The van der Waals surface area contributed by atoms with E-state index in [0.29, 0.717) is 36.9 Å². The number of primary amides is 3. The molecule has 26 heteroatoms. The largest absolute Gasteiger partial charge is 0.508 e. The highest BCUT2D eigenvalue weighted by atomic mass is 33.1. The number of unbranched alkanes of at least 4 members (excludes halogenated alkanes) is 1. The first-order valence-electron chi connectivity index (χ1n) is 23.4. The zero-order valence-electron chi connectivity index (χ0n) is 39.6. The number of hydrogen-bond acceptors (Lipinski definition) is 15. The number of phenolic OH excluding ortho intramolecular Hbond substituents is 1. The molecule has 2 saturated heterocycles. The number of likely N-dealkylation sites (tertiary alicyclic amines) is 1. The van der Waals surface area contributed by atoms with E-state index in [1.165, 1.54) is 17.0 Å². The van der Waals surface area contributed by atoms with Crippen LogP contribution >= 0.6 is 21.6 Å². The van der Waals surface area contributed by atoms with Crippen LogP contribution in [0.2, 0.25) is 0 Å². The van der Waals surface area contributed by atoms with Gasteiger partial charge < -0.3 is 70.2 Å². The number of hydrogen-bond donors (Lipinski definition) is 12. The summed E-state index contributed by atoms with van der Waals surface area (Å²) in [6.45, 7) is -0.107. The van der Waals surface area contributed by atoms with Crippen LogP contribution in [0.15, 0.2) is 54.6 Å². The molecule has 0 radical (unpaired) electrons. The SMILES string of the molecule is NCCCC[C@H](NC(=O)[C@@H]1CCCN1C(=O)[C@@H]1CSSCCC(=O)N[C@@H](Cc2ccc(O)cc2)C(=O)N[C@@H](Cc2ccccc2)C(=O)N[C@@H](CCC(N)=O)C(=O)N[C@@H](CC(N)=O)C(=O)N1)C(=O)NCC(N)=O. The predicted octanol–water partition coefficient (Wildman–Crippen LogP) is -3.27. The van der Waals surface area contributed by atoms with E-state index in [0.717, 1.165) is 21.6 Å². The summed E-state index contributed by atoms with van der Waals surface area (Å²) in [4.78, 5) is 149. The molecule has 4 rings (SSSR count). The van der Waals surface area contributed by atoms with Crippen LogP contribution in [0, 0.1) is 0 Å². The molecule has 7 atom stereocenters. The molecule has 392 valence electrons. The van der Waals surface area contributed by atoms with Crippen molar-refractivity contribution < 1.29 is 57.8 Å². The van der Waals surface area contributed by atoms with Crippen LogP contribution in [-0.2, 0) is 65.6 Å². The van der Waals surface area contributed by atoms with Crippen molar-refractivity contribution in [2.45, 2.75) is 113 Å². The van der Waals surface area contributed by atoms with Crippen molar-refractivity contribution >= 4 is 86.6 Å². The summed E-state index contributed by atoms with van der Waals surface area (Å²) in [5.41, 5.74) is 22.9. The maximum Gasteiger partial charge on any atom is 0.246 e. The fourth-order valence-electron chi connectivity index (χ4n) is 7.77. The Morgan fingerprint density at radius 2 is 1.33 bits per heavy atom. The lowest BCUT2D eigenvalue weighted by Gasteiger charge is -2.31. The second-order valence-electron chi connectivity index (χ2n) is 17.2. The normalized spacial score (nSPS) is 22.1. The van der Waals surface area contributed by atoms with Gasteiger partial charge in [-0.15, -0.1) is 0 Å². The number of nitrogens with one attached hydrogen (secondary N) is 7. The number of nitrogens with zero attached hydrogens (tertiary/aromatic N) is 1. The fourth-order valence-corrected chi connectivity index (χ4v) is 9.92. The van der Waals surface area contributed by atoms with Gasteiger partial charge in [-0.25, -0.2) is 0 Å². The molecule has 0 aliphatic carbocycles. The first kappa shape index (κ1) is 57.6. The Labute approximate surface area is 423 Å². The van der Waals surface area contributed by atoms with Gasteiger partial charge in [0, 0.05) is 43.7 Å². The van der Waals surface area contributed by atoms with Crippen LogP contribution in [0.5, 0.6) is 5.75 Å². The number of amides is 11. The van der Waals surface area contributed by atoms with Crippen molar-refractivity contribution in [3.05, 3.63) is 65.7 Å². The lowest BCUT2D eigenvalue weighted by molar-refractivity contribution is -0.142. The molecule has 0 unspecified atom stereocenters. The Morgan fingerprint density at radius 1 is 0.722 bits per heavy atom. The molecule has 2 aliphatic rings. The van der Waals surface area contributed by atoms with E-state index in [1.54, 1.807) is 42.5 Å². The van der Waals surface area contributed by atoms with Gasteiger partial charge in [0.05, 0.1) is 13.0 Å². The van der Waals surface area contributed by atoms with Gasteiger partial charge in [0.15, 0.2) is 0 Å². The van der Waals surface area contributed by atoms with E-state index in [4.69, 9.17) is 22.9 Å². The van der Waals surface area contributed by atoms with Crippen LogP contribution in [0.4, 0.5) is 0 Å². The topological polar surface area (TPSA) is 400 Å².